The number of hydrogen-bond donors (Lipinski definition) is 1. The van der Waals surface area contributed by atoms with Crippen molar-refractivity contribution < 1.29 is 31.5 Å². The lowest BCUT2D eigenvalue weighted by atomic mass is 10.1. The Morgan fingerprint density at radius 3 is 2.48 bits per heavy atom. The molecule has 0 heterocycles. The molecule has 1 N–H and O–H groups in total. The Labute approximate surface area is 172 Å². The zero-order valence-electron chi connectivity index (χ0n) is 15.8. The second kappa shape index (κ2) is 9.27. The van der Waals surface area contributed by atoms with E-state index in [0.717, 1.165) is 6.26 Å². The lowest BCUT2D eigenvalue weighted by Gasteiger charge is -2.19. The fraction of sp³-hybridized carbons (Fsp3) is 0.278. The predicted molar refractivity (Wildman–Crippen MR) is 105 cm³/mol. The summed E-state index contributed by atoms with van der Waals surface area (Å²) in [6, 6.07) is 8.56. The first-order valence-electron chi connectivity index (χ1n) is 8.14. The zero-order valence-corrected chi connectivity index (χ0v) is 17.4. The van der Waals surface area contributed by atoms with Gasteiger partial charge in [-0.1, -0.05) is 17.7 Å². The lowest BCUT2D eigenvalue weighted by Crippen LogP contribution is -2.26. The van der Waals surface area contributed by atoms with Crippen LogP contribution in [0, 0.1) is 0 Å². The normalized spacial score (nSPS) is 11.3. The summed E-state index contributed by atoms with van der Waals surface area (Å²) in [5.41, 5.74) is 0.916. The van der Waals surface area contributed by atoms with Gasteiger partial charge in [-0.25, -0.2) is 8.42 Å². The van der Waals surface area contributed by atoms with E-state index in [1.54, 1.807) is 0 Å². The summed E-state index contributed by atoms with van der Waals surface area (Å²) < 4.78 is 59.4. The Morgan fingerprint density at radius 1 is 1.21 bits per heavy atom. The van der Waals surface area contributed by atoms with Crippen molar-refractivity contribution in [2.45, 2.75) is 13.2 Å². The van der Waals surface area contributed by atoms with E-state index in [1.807, 2.05) is 0 Å². The SMILES string of the molecule is COc1cc(CN(C)C(=O)c2ccc(Cl)c(NS(C)(=O)=O)c2)ccc1OC(F)F. The maximum absolute atomic E-state index is 12.7. The molecular weight excluding hydrogens is 430 g/mol. The van der Waals surface area contributed by atoms with Crippen LogP contribution in [0.25, 0.3) is 0 Å². The number of nitrogens with zero attached hydrogens (tertiary/aromatic N) is 1. The molecule has 0 spiro atoms. The molecule has 11 heteroatoms. The van der Waals surface area contributed by atoms with Crippen LogP contribution in [-0.4, -0.2) is 46.2 Å². The second-order valence-electron chi connectivity index (χ2n) is 6.09. The van der Waals surface area contributed by atoms with Crippen molar-refractivity contribution in [2.75, 3.05) is 25.1 Å². The third kappa shape index (κ3) is 6.47. The van der Waals surface area contributed by atoms with Gasteiger partial charge in [-0.15, -0.1) is 0 Å². The van der Waals surface area contributed by atoms with Crippen LogP contribution >= 0.6 is 11.6 Å². The minimum atomic E-state index is -3.57. The first kappa shape index (κ1) is 22.7. The number of carbonyl (C=O) groups excluding carboxylic acids is 1. The average Bonchev–Trinajstić information content (AvgIpc) is 2.62. The highest BCUT2D eigenvalue weighted by Gasteiger charge is 2.17. The highest BCUT2D eigenvalue weighted by Crippen LogP contribution is 2.30. The molecule has 0 saturated heterocycles. The molecule has 7 nitrogen and oxygen atoms in total. The van der Waals surface area contributed by atoms with Gasteiger partial charge in [-0.3, -0.25) is 9.52 Å². The molecular formula is C18H19ClF2N2O5S. The number of rotatable bonds is 8. The third-order valence-corrected chi connectivity index (χ3v) is 4.64. The Morgan fingerprint density at radius 2 is 1.90 bits per heavy atom. The molecule has 0 bridgehead atoms. The zero-order chi connectivity index (χ0) is 21.8. The van der Waals surface area contributed by atoms with Crippen molar-refractivity contribution in [2.24, 2.45) is 0 Å². The number of sulfonamides is 1. The van der Waals surface area contributed by atoms with Crippen LogP contribution in [-0.2, 0) is 16.6 Å². The Balaban J connectivity index is 2.20. The van der Waals surface area contributed by atoms with Gasteiger partial charge in [0.25, 0.3) is 5.91 Å². The van der Waals surface area contributed by atoms with Crippen LogP contribution < -0.4 is 14.2 Å². The average molecular weight is 449 g/mol. The Hall–Kier alpha value is -2.59. The minimum Gasteiger partial charge on any atom is -0.493 e. The summed E-state index contributed by atoms with van der Waals surface area (Å²) in [6.45, 7) is -2.85. The molecule has 0 aliphatic heterocycles. The number of ether oxygens (including phenoxy) is 2. The van der Waals surface area contributed by atoms with Crippen LogP contribution in [0.15, 0.2) is 36.4 Å². The largest absolute Gasteiger partial charge is 0.493 e. The maximum Gasteiger partial charge on any atom is 0.387 e. The van der Waals surface area contributed by atoms with E-state index < -0.39 is 22.5 Å². The van der Waals surface area contributed by atoms with Gasteiger partial charge in [-0.05, 0) is 35.9 Å². The molecule has 0 unspecified atom stereocenters. The van der Waals surface area contributed by atoms with E-state index in [2.05, 4.69) is 9.46 Å². The second-order valence-corrected chi connectivity index (χ2v) is 8.25. The summed E-state index contributed by atoms with van der Waals surface area (Å²) >= 11 is 5.97. The molecule has 2 rings (SSSR count). The van der Waals surface area contributed by atoms with Crippen molar-refractivity contribution in [3.63, 3.8) is 0 Å². The first-order valence-corrected chi connectivity index (χ1v) is 10.4. The number of halogens is 3. The molecule has 2 aromatic carbocycles. The van der Waals surface area contributed by atoms with E-state index in [0.29, 0.717) is 5.56 Å². The van der Waals surface area contributed by atoms with Crippen molar-refractivity contribution in [1.82, 2.24) is 4.90 Å². The summed E-state index contributed by atoms with van der Waals surface area (Å²) in [5.74, 6) is -0.408. The van der Waals surface area contributed by atoms with Gasteiger partial charge in [0.1, 0.15) is 0 Å². The van der Waals surface area contributed by atoms with E-state index in [1.165, 1.54) is 55.5 Å². The molecule has 0 fully saturated rings. The number of alkyl halides is 2. The standard InChI is InChI=1S/C18H19ClF2N2O5S/c1-23(10-11-4-7-15(28-18(20)21)16(8-11)27-2)17(24)12-5-6-13(19)14(9-12)22-29(3,25)26/h4-9,18,22H,10H2,1-3H3. The van der Waals surface area contributed by atoms with Crippen molar-refractivity contribution in [3.8, 4) is 11.5 Å². The smallest absolute Gasteiger partial charge is 0.387 e. The monoisotopic (exact) mass is 448 g/mol. The van der Waals surface area contributed by atoms with E-state index in [-0.39, 0.29) is 34.3 Å². The van der Waals surface area contributed by atoms with E-state index in [4.69, 9.17) is 16.3 Å². The summed E-state index contributed by atoms with van der Waals surface area (Å²) in [7, 11) is -0.716. The number of nitrogens with one attached hydrogen (secondary N) is 1. The molecule has 29 heavy (non-hydrogen) atoms. The van der Waals surface area contributed by atoms with Gasteiger partial charge in [0, 0.05) is 19.2 Å². The van der Waals surface area contributed by atoms with Crippen molar-refractivity contribution >= 4 is 33.2 Å². The van der Waals surface area contributed by atoms with Crippen LogP contribution in [0.1, 0.15) is 15.9 Å². The minimum absolute atomic E-state index is 0.0867. The van der Waals surface area contributed by atoms with Crippen LogP contribution in [0.4, 0.5) is 14.5 Å². The molecule has 0 aliphatic carbocycles. The molecule has 0 aromatic heterocycles. The van der Waals surface area contributed by atoms with E-state index in [9.17, 15) is 22.0 Å². The maximum atomic E-state index is 12.7. The molecule has 1 amide bonds. The Bertz CT molecular complexity index is 1000. The third-order valence-electron chi connectivity index (χ3n) is 3.72. The number of benzene rings is 2. The highest BCUT2D eigenvalue weighted by molar-refractivity contribution is 7.92. The van der Waals surface area contributed by atoms with Gasteiger partial charge in [0.2, 0.25) is 10.0 Å². The molecule has 0 radical (unpaired) electrons. The molecule has 0 atom stereocenters. The fourth-order valence-electron chi connectivity index (χ4n) is 2.51. The van der Waals surface area contributed by atoms with Crippen LogP contribution in [0.3, 0.4) is 0 Å². The Kier molecular flexibility index (Phi) is 7.26. The topological polar surface area (TPSA) is 84.9 Å². The number of hydrogen-bond acceptors (Lipinski definition) is 5. The summed E-state index contributed by atoms with van der Waals surface area (Å²) in [6.07, 6.45) is 0.971. The molecule has 0 saturated carbocycles. The number of carbonyl (C=O) groups is 1. The fourth-order valence-corrected chi connectivity index (χ4v) is 3.30. The van der Waals surface area contributed by atoms with Gasteiger partial charge in [-0.2, -0.15) is 8.78 Å². The first-order chi connectivity index (χ1) is 13.5. The van der Waals surface area contributed by atoms with Gasteiger partial charge in [0.05, 0.1) is 24.1 Å². The number of methoxy groups -OCH3 is 1. The summed E-state index contributed by atoms with van der Waals surface area (Å²) in [4.78, 5) is 14.1. The van der Waals surface area contributed by atoms with E-state index >= 15 is 0 Å². The quantitative estimate of drug-likeness (QED) is 0.667. The molecule has 0 aliphatic rings. The van der Waals surface area contributed by atoms with Gasteiger partial charge >= 0.3 is 6.61 Å². The lowest BCUT2D eigenvalue weighted by molar-refractivity contribution is -0.0512. The molecule has 2 aromatic rings. The summed E-state index contributed by atoms with van der Waals surface area (Å²) in [5, 5.41) is 0.147. The predicted octanol–water partition coefficient (Wildman–Crippen LogP) is 3.59. The van der Waals surface area contributed by atoms with Gasteiger partial charge in [0.15, 0.2) is 11.5 Å². The van der Waals surface area contributed by atoms with Gasteiger partial charge < -0.3 is 14.4 Å². The van der Waals surface area contributed by atoms with Crippen LogP contribution in [0.2, 0.25) is 5.02 Å². The molecule has 158 valence electrons. The van der Waals surface area contributed by atoms with Crippen LogP contribution in [0.5, 0.6) is 11.5 Å². The van der Waals surface area contributed by atoms with Crippen molar-refractivity contribution in [1.29, 1.82) is 0 Å². The number of anilines is 1. The highest BCUT2D eigenvalue weighted by atomic mass is 35.5. The number of amides is 1. The van der Waals surface area contributed by atoms with Crippen molar-refractivity contribution in [3.05, 3.63) is 52.5 Å².